The zero-order valence-corrected chi connectivity index (χ0v) is 9.93. The summed E-state index contributed by atoms with van der Waals surface area (Å²) in [6, 6.07) is 5.41. The Morgan fingerprint density at radius 2 is 2.13 bits per heavy atom. The number of nitrogens with one attached hydrogen (secondary N) is 1. The molecule has 15 heavy (non-hydrogen) atoms. The predicted octanol–water partition coefficient (Wildman–Crippen LogP) is 2.53. The Labute approximate surface area is 95.0 Å². The molecule has 4 heteroatoms. The van der Waals surface area contributed by atoms with E-state index in [2.05, 4.69) is 5.32 Å². The van der Waals surface area contributed by atoms with Gasteiger partial charge in [-0.15, -0.1) is 0 Å². The topological polar surface area (TPSA) is 41.5 Å². The molecule has 0 saturated carbocycles. The summed E-state index contributed by atoms with van der Waals surface area (Å²) >= 11 is 5.95. The quantitative estimate of drug-likeness (QED) is 0.834. The summed E-state index contributed by atoms with van der Waals surface area (Å²) in [5.41, 5.74) is 0.120. The van der Waals surface area contributed by atoms with Crippen LogP contribution >= 0.6 is 11.6 Å². The van der Waals surface area contributed by atoms with Gasteiger partial charge in [0, 0.05) is 12.2 Å². The van der Waals surface area contributed by atoms with Crippen LogP contribution in [0.4, 0.5) is 5.69 Å². The van der Waals surface area contributed by atoms with Crippen molar-refractivity contribution in [3.8, 4) is 5.75 Å². The highest BCUT2D eigenvalue weighted by Crippen LogP contribution is 2.27. The lowest BCUT2D eigenvalue weighted by Crippen LogP contribution is -2.29. The SMILES string of the molecule is COc1ccc(NCC(C)(C)O)cc1Cl. The van der Waals surface area contributed by atoms with Crippen molar-refractivity contribution in [2.24, 2.45) is 0 Å². The zero-order valence-electron chi connectivity index (χ0n) is 9.17. The minimum atomic E-state index is -0.744. The molecule has 0 unspecified atom stereocenters. The summed E-state index contributed by atoms with van der Waals surface area (Å²) < 4.78 is 5.04. The molecular weight excluding hydrogens is 214 g/mol. The molecule has 84 valence electrons. The smallest absolute Gasteiger partial charge is 0.137 e. The van der Waals surface area contributed by atoms with Crippen molar-refractivity contribution in [1.29, 1.82) is 0 Å². The van der Waals surface area contributed by atoms with Gasteiger partial charge in [0.1, 0.15) is 5.75 Å². The first-order valence-electron chi connectivity index (χ1n) is 4.72. The molecule has 0 aromatic heterocycles. The van der Waals surface area contributed by atoms with Crippen molar-refractivity contribution in [2.45, 2.75) is 19.4 Å². The van der Waals surface area contributed by atoms with Gasteiger partial charge < -0.3 is 15.2 Å². The van der Waals surface area contributed by atoms with Crippen molar-refractivity contribution in [1.82, 2.24) is 0 Å². The number of aliphatic hydroxyl groups is 1. The maximum Gasteiger partial charge on any atom is 0.137 e. The second-order valence-corrected chi connectivity index (χ2v) is 4.42. The van der Waals surface area contributed by atoms with Crippen LogP contribution in [-0.2, 0) is 0 Å². The molecule has 0 atom stereocenters. The number of hydrogen-bond acceptors (Lipinski definition) is 3. The first-order valence-corrected chi connectivity index (χ1v) is 5.10. The highest BCUT2D eigenvalue weighted by molar-refractivity contribution is 6.32. The first kappa shape index (κ1) is 12.1. The number of halogens is 1. The summed E-state index contributed by atoms with van der Waals surface area (Å²) in [6.45, 7) is 3.95. The maximum absolute atomic E-state index is 9.53. The van der Waals surface area contributed by atoms with Gasteiger partial charge in [0.15, 0.2) is 0 Å². The highest BCUT2D eigenvalue weighted by Gasteiger charge is 2.11. The second kappa shape index (κ2) is 4.73. The van der Waals surface area contributed by atoms with Gasteiger partial charge >= 0.3 is 0 Å². The minimum Gasteiger partial charge on any atom is -0.495 e. The van der Waals surface area contributed by atoms with E-state index in [1.54, 1.807) is 33.1 Å². The molecule has 0 radical (unpaired) electrons. The molecule has 1 aromatic rings. The molecule has 2 N–H and O–H groups in total. The zero-order chi connectivity index (χ0) is 11.5. The molecule has 1 aromatic carbocycles. The average molecular weight is 230 g/mol. The number of anilines is 1. The lowest BCUT2D eigenvalue weighted by Gasteiger charge is -2.18. The van der Waals surface area contributed by atoms with Crippen LogP contribution in [0.15, 0.2) is 18.2 Å². The van der Waals surface area contributed by atoms with E-state index < -0.39 is 5.60 Å². The Morgan fingerprint density at radius 3 is 2.60 bits per heavy atom. The lowest BCUT2D eigenvalue weighted by atomic mass is 10.1. The van der Waals surface area contributed by atoms with E-state index in [4.69, 9.17) is 16.3 Å². The van der Waals surface area contributed by atoms with Crippen molar-refractivity contribution in [3.05, 3.63) is 23.2 Å². The Kier molecular flexibility index (Phi) is 3.83. The van der Waals surface area contributed by atoms with Gasteiger partial charge in [-0.05, 0) is 32.0 Å². The van der Waals surface area contributed by atoms with Gasteiger partial charge in [0.05, 0.1) is 17.7 Å². The minimum absolute atomic E-state index is 0.468. The predicted molar refractivity (Wildman–Crippen MR) is 62.8 cm³/mol. The van der Waals surface area contributed by atoms with Crippen molar-refractivity contribution < 1.29 is 9.84 Å². The number of hydrogen-bond donors (Lipinski definition) is 2. The van der Waals surface area contributed by atoms with E-state index in [1.807, 2.05) is 6.07 Å². The van der Waals surface area contributed by atoms with Crippen LogP contribution in [0, 0.1) is 0 Å². The third-order valence-corrected chi connectivity index (χ3v) is 2.17. The van der Waals surface area contributed by atoms with E-state index in [1.165, 1.54) is 0 Å². The summed E-state index contributed by atoms with van der Waals surface area (Å²) in [6.07, 6.45) is 0. The van der Waals surface area contributed by atoms with Gasteiger partial charge in [-0.25, -0.2) is 0 Å². The molecule has 0 bridgehead atoms. The van der Waals surface area contributed by atoms with Crippen molar-refractivity contribution in [2.75, 3.05) is 19.0 Å². The molecule has 0 heterocycles. The monoisotopic (exact) mass is 229 g/mol. The van der Waals surface area contributed by atoms with Gasteiger partial charge in [-0.1, -0.05) is 11.6 Å². The van der Waals surface area contributed by atoms with E-state index >= 15 is 0 Å². The first-order chi connectivity index (χ1) is 6.92. The molecule has 0 spiro atoms. The Bertz CT molecular complexity index is 334. The van der Waals surface area contributed by atoms with Crippen molar-refractivity contribution in [3.63, 3.8) is 0 Å². The maximum atomic E-state index is 9.53. The molecule has 0 saturated heterocycles. The molecule has 0 aliphatic heterocycles. The van der Waals surface area contributed by atoms with Crippen LogP contribution in [0.1, 0.15) is 13.8 Å². The fourth-order valence-electron chi connectivity index (χ4n) is 1.09. The van der Waals surface area contributed by atoms with E-state index in [-0.39, 0.29) is 0 Å². The number of methoxy groups -OCH3 is 1. The molecule has 0 aliphatic rings. The van der Waals surface area contributed by atoms with Gasteiger partial charge in [0.25, 0.3) is 0 Å². The van der Waals surface area contributed by atoms with E-state index in [0.29, 0.717) is 17.3 Å². The summed E-state index contributed by atoms with van der Waals surface area (Å²) in [5, 5.41) is 13.2. The number of ether oxygens (including phenoxy) is 1. The lowest BCUT2D eigenvalue weighted by molar-refractivity contribution is 0.0945. The largest absolute Gasteiger partial charge is 0.495 e. The van der Waals surface area contributed by atoms with Crippen LogP contribution in [0.2, 0.25) is 5.02 Å². The normalized spacial score (nSPS) is 11.3. The third-order valence-electron chi connectivity index (χ3n) is 1.88. The Hall–Kier alpha value is -0.930. The molecule has 3 nitrogen and oxygen atoms in total. The van der Waals surface area contributed by atoms with Gasteiger partial charge in [-0.3, -0.25) is 0 Å². The molecule has 0 amide bonds. The van der Waals surface area contributed by atoms with Gasteiger partial charge in [-0.2, -0.15) is 0 Å². The van der Waals surface area contributed by atoms with Crippen LogP contribution in [-0.4, -0.2) is 24.4 Å². The highest BCUT2D eigenvalue weighted by atomic mass is 35.5. The fourth-order valence-corrected chi connectivity index (χ4v) is 1.35. The van der Waals surface area contributed by atoms with Crippen LogP contribution < -0.4 is 10.1 Å². The average Bonchev–Trinajstić information content (AvgIpc) is 2.14. The second-order valence-electron chi connectivity index (χ2n) is 4.02. The summed E-state index contributed by atoms with van der Waals surface area (Å²) in [4.78, 5) is 0. The van der Waals surface area contributed by atoms with E-state index in [9.17, 15) is 5.11 Å². The standard InChI is InChI=1S/C11H16ClNO2/c1-11(2,14)7-13-8-4-5-10(15-3)9(12)6-8/h4-6,13-14H,7H2,1-3H3. The number of benzene rings is 1. The molecule has 0 fully saturated rings. The molecular formula is C11H16ClNO2. The third kappa shape index (κ3) is 3.98. The fraction of sp³-hybridized carbons (Fsp3) is 0.455. The Morgan fingerprint density at radius 1 is 1.47 bits per heavy atom. The summed E-state index contributed by atoms with van der Waals surface area (Å²) in [5.74, 6) is 0.644. The van der Waals surface area contributed by atoms with Crippen molar-refractivity contribution >= 4 is 17.3 Å². The molecule has 0 aliphatic carbocycles. The van der Waals surface area contributed by atoms with Gasteiger partial charge in [0.2, 0.25) is 0 Å². The Balaban J connectivity index is 2.68. The van der Waals surface area contributed by atoms with Crippen LogP contribution in [0.5, 0.6) is 5.75 Å². The van der Waals surface area contributed by atoms with E-state index in [0.717, 1.165) is 5.69 Å². The summed E-state index contributed by atoms with van der Waals surface area (Å²) in [7, 11) is 1.57. The van der Waals surface area contributed by atoms with Crippen LogP contribution in [0.3, 0.4) is 0 Å². The molecule has 1 rings (SSSR count). The number of rotatable bonds is 4. The van der Waals surface area contributed by atoms with Crippen LogP contribution in [0.25, 0.3) is 0 Å².